The van der Waals surface area contributed by atoms with Crippen molar-refractivity contribution in [1.82, 2.24) is 14.9 Å². The third-order valence-corrected chi connectivity index (χ3v) is 3.27. The summed E-state index contributed by atoms with van der Waals surface area (Å²) in [4.78, 5) is 4.04. The van der Waals surface area contributed by atoms with Crippen LogP contribution in [0.15, 0.2) is 43.0 Å². The molecule has 2 atom stereocenters. The third-order valence-electron chi connectivity index (χ3n) is 3.27. The first-order chi connectivity index (χ1) is 9.74. The summed E-state index contributed by atoms with van der Waals surface area (Å²) in [6.07, 6.45) is 5.45. The van der Waals surface area contributed by atoms with E-state index in [-0.39, 0.29) is 18.7 Å². The molecule has 1 aromatic heterocycles. The average Bonchev–Trinajstić information content (AvgIpc) is 3.01. The second kappa shape index (κ2) is 7.19. The number of nitrogens with one attached hydrogen (secondary N) is 1. The molecule has 0 saturated heterocycles. The van der Waals surface area contributed by atoms with Gasteiger partial charge >= 0.3 is 0 Å². The van der Waals surface area contributed by atoms with Crippen LogP contribution in [0.3, 0.4) is 0 Å². The van der Waals surface area contributed by atoms with Crippen LogP contribution in [-0.2, 0) is 4.74 Å². The minimum atomic E-state index is -0.0525. The molecule has 5 heteroatoms. The molecule has 0 saturated carbocycles. The number of aromatic nitrogens is 2. The minimum Gasteiger partial charge on any atom is -0.395 e. The summed E-state index contributed by atoms with van der Waals surface area (Å²) < 4.78 is 7.03. The summed E-state index contributed by atoms with van der Waals surface area (Å²) in [5, 5.41) is 12.6. The van der Waals surface area contributed by atoms with Crippen LogP contribution in [0.1, 0.15) is 18.5 Å². The van der Waals surface area contributed by atoms with E-state index in [9.17, 15) is 5.11 Å². The van der Waals surface area contributed by atoms with E-state index in [0.29, 0.717) is 6.61 Å². The number of imidazole rings is 1. The highest BCUT2D eigenvalue weighted by atomic mass is 16.5. The van der Waals surface area contributed by atoms with Crippen molar-refractivity contribution in [3.05, 3.63) is 48.5 Å². The largest absolute Gasteiger partial charge is 0.395 e. The zero-order valence-electron chi connectivity index (χ0n) is 11.9. The molecule has 2 unspecified atom stereocenters. The molecule has 5 nitrogen and oxygen atoms in total. The first-order valence-electron chi connectivity index (χ1n) is 6.68. The number of ether oxygens (including phenoxy) is 1. The lowest BCUT2D eigenvalue weighted by Gasteiger charge is -2.21. The number of nitrogens with zero attached hydrogens (tertiary/aromatic N) is 2. The van der Waals surface area contributed by atoms with Crippen LogP contribution in [-0.4, -0.2) is 41.0 Å². The summed E-state index contributed by atoms with van der Waals surface area (Å²) >= 11 is 0. The maximum absolute atomic E-state index is 9.27. The molecule has 1 heterocycles. The second-order valence-electron chi connectivity index (χ2n) is 4.78. The van der Waals surface area contributed by atoms with E-state index in [1.165, 1.54) is 5.56 Å². The Bertz CT molecular complexity index is 496. The SMILES string of the molecule is COCC(CO)NC(C)c1ccc(-n2ccnc2)cc1. The van der Waals surface area contributed by atoms with Crippen molar-refractivity contribution in [3.8, 4) is 5.69 Å². The maximum atomic E-state index is 9.27. The van der Waals surface area contributed by atoms with E-state index < -0.39 is 0 Å². The van der Waals surface area contributed by atoms with E-state index in [0.717, 1.165) is 5.69 Å². The summed E-state index contributed by atoms with van der Waals surface area (Å²) in [5.74, 6) is 0. The highest BCUT2D eigenvalue weighted by Crippen LogP contribution is 2.16. The summed E-state index contributed by atoms with van der Waals surface area (Å²) in [6.45, 7) is 2.63. The van der Waals surface area contributed by atoms with E-state index in [4.69, 9.17) is 4.74 Å². The zero-order valence-corrected chi connectivity index (χ0v) is 11.9. The first-order valence-corrected chi connectivity index (χ1v) is 6.68. The van der Waals surface area contributed by atoms with Crippen molar-refractivity contribution < 1.29 is 9.84 Å². The van der Waals surface area contributed by atoms with Crippen LogP contribution in [0.5, 0.6) is 0 Å². The van der Waals surface area contributed by atoms with E-state index in [1.54, 1.807) is 19.6 Å². The lowest BCUT2D eigenvalue weighted by molar-refractivity contribution is 0.123. The Morgan fingerprint density at radius 1 is 1.35 bits per heavy atom. The fourth-order valence-electron chi connectivity index (χ4n) is 2.15. The third kappa shape index (κ3) is 3.66. The molecular formula is C15H21N3O2. The number of rotatable bonds is 7. The van der Waals surface area contributed by atoms with Crippen LogP contribution in [0.25, 0.3) is 5.69 Å². The normalized spacial score (nSPS) is 14.2. The smallest absolute Gasteiger partial charge is 0.0991 e. The predicted octanol–water partition coefficient (Wildman–Crippen LogP) is 1.53. The quantitative estimate of drug-likeness (QED) is 0.804. The van der Waals surface area contributed by atoms with Crippen LogP contribution in [0.4, 0.5) is 0 Å². The fraction of sp³-hybridized carbons (Fsp3) is 0.400. The number of methoxy groups -OCH3 is 1. The highest BCUT2D eigenvalue weighted by Gasteiger charge is 2.12. The molecule has 2 rings (SSSR count). The standard InChI is InChI=1S/C15H21N3O2/c1-12(17-14(9-19)10-20-2)13-3-5-15(6-4-13)18-8-7-16-11-18/h3-8,11-12,14,17,19H,9-10H2,1-2H3. The van der Waals surface area contributed by atoms with Gasteiger partial charge in [-0.25, -0.2) is 4.98 Å². The molecule has 0 aliphatic heterocycles. The average molecular weight is 275 g/mol. The second-order valence-corrected chi connectivity index (χ2v) is 4.78. The number of hydrogen-bond donors (Lipinski definition) is 2. The fourth-order valence-corrected chi connectivity index (χ4v) is 2.15. The van der Waals surface area contributed by atoms with E-state index in [2.05, 4.69) is 41.5 Å². The van der Waals surface area contributed by atoms with Gasteiger partial charge < -0.3 is 19.7 Å². The Morgan fingerprint density at radius 3 is 2.65 bits per heavy atom. The molecule has 0 amide bonds. The number of aliphatic hydroxyl groups excluding tert-OH is 1. The molecular weight excluding hydrogens is 254 g/mol. The summed E-state index contributed by atoms with van der Waals surface area (Å²) in [5.41, 5.74) is 2.25. The van der Waals surface area contributed by atoms with Crippen molar-refractivity contribution in [2.75, 3.05) is 20.3 Å². The molecule has 20 heavy (non-hydrogen) atoms. The summed E-state index contributed by atoms with van der Waals surface area (Å²) in [7, 11) is 1.63. The van der Waals surface area contributed by atoms with Crippen molar-refractivity contribution in [2.45, 2.75) is 19.0 Å². The Morgan fingerprint density at radius 2 is 2.10 bits per heavy atom. The Balaban J connectivity index is 2.02. The first kappa shape index (κ1) is 14.7. The molecule has 2 N–H and O–H groups in total. The van der Waals surface area contributed by atoms with Crippen LogP contribution in [0.2, 0.25) is 0 Å². The van der Waals surface area contributed by atoms with Gasteiger partial charge in [-0.05, 0) is 24.6 Å². The lowest BCUT2D eigenvalue weighted by atomic mass is 10.1. The van der Waals surface area contributed by atoms with Crippen molar-refractivity contribution in [1.29, 1.82) is 0 Å². The molecule has 0 fully saturated rings. The van der Waals surface area contributed by atoms with E-state index in [1.807, 2.05) is 10.8 Å². The van der Waals surface area contributed by atoms with Gasteiger partial charge in [-0.2, -0.15) is 0 Å². The van der Waals surface area contributed by atoms with Crippen LogP contribution >= 0.6 is 0 Å². The maximum Gasteiger partial charge on any atom is 0.0991 e. The molecule has 0 spiro atoms. The molecule has 108 valence electrons. The lowest BCUT2D eigenvalue weighted by Crippen LogP contribution is -2.38. The van der Waals surface area contributed by atoms with Gasteiger partial charge in [-0.1, -0.05) is 12.1 Å². The van der Waals surface area contributed by atoms with Crippen LogP contribution < -0.4 is 5.32 Å². The molecule has 0 bridgehead atoms. The van der Waals surface area contributed by atoms with Crippen molar-refractivity contribution in [2.24, 2.45) is 0 Å². The van der Waals surface area contributed by atoms with Gasteiger partial charge in [0.15, 0.2) is 0 Å². The highest BCUT2D eigenvalue weighted by molar-refractivity contribution is 5.35. The van der Waals surface area contributed by atoms with Gasteiger partial charge in [-0.15, -0.1) is 0 Å². The van der Waals surface area contributed by atoms with E-state index >= 15 is 0 Å². The van der Waals surface area contributed by atoms with Gasteiger partial charge in [0, 0.05) is 31.2 Å². The predicted molar refractivity (Wildman–Crippen MR) is 77.9 cm³/mol. The summed E-state index contributed by atoms with van der Waals surface area (Å²) in [6, 6.07) is 8.36. The molecule has 0 aliphatic carbocycles. The Labute approximate surface area is 119 Å². The number of hydrogen-bond acceptors (Lipinski definition) is 4. The number of benzene rings is 1. The van der Waals surface area contributed by atoms with Gasteiger partial charge in [0.25, 0.3) is 0 Å². The minimum absolute atomic E-state index is 0.0525. The molecule has 0 radical (unpaired) electrons. The van der Waals surface area contributed by atoms with Crippen molar-refractivity contribution in [3.63, 3.8) is 0 Å². The van der Waals surface area contributed by atoms with Gasteiger partial charge in [-0.3, -0.25) is 0 Å². The van der Waals surface area contributed by atoms with Gasteiger partial charge in [0.2, 0.25) is 0 Å². The number of aliphatic hydroxyl groups is 1. The molecule has 2 aromatic rings. The van der Waals surface area contributed by atoms with Crippen LogP contribution in [0, 0.1) is 0 Å². The molecule has 1 aromatic carbocycles. The monoisotopic (exact) mass is 275 g/mol. The topological polar surface area (TPSA) is 59.3 Å². The molecule has 0 aliphatic rings. The Hall–Kier alpha value is -1.69. The van der Waals surface area contributed by atoms with Crippen molar-refractivity contribution >= 4 is 0 Å². The van der Waals surface area contributed by atoms with Gasteiger partial charge in [0.05, 0.1) is 25.6 Å². The zero-order chi connectivity index (χ0) is 14.4. The Kier molecular flexibility index (Phi) is 5.29. The van der Waals surface area contributed by atoms with Gasteiger partial charge in [0.1, 0.15) is 0 Å².